The van der Waals surface area contributed by atoms with E-state index in [1.54, 1.807) is 19.1 Å². The minimum atomic E-state index is -3.43. The van der Waals surface area contributed by atoms with Crippen molar-refractivity contribution < 1.29 is 13.2 Å². The zero-order chi connectivity index (χ0) is 12.9. The Kier molecular flexibility index (Phi) is 4.35. The number of para-hydroxylation sites is 1. The smallest absolute Gasteiger partial charge is 0.232 e. The third kappa shape index (κ3) is 3.36. The summed E-state index contributed by atoms with van der Waals surface area (Å²) in [5.74, 6) is 0.347. The molecule has 0 radical (unpaired) electrons. The van der Waals surface area contributed by atoms with Gasteiger partial charge < -0.3 is 4.74 Å². The Morgan fingerprint density at radius 3 is 2.71 bits per heavy atom. The van der Waals surface area contributed by atoms with Crippen LogP contribution in [0, 0.1) is 11.3 Å². The predicted octanol–water partition coefficient (Wildman–Crippen LogP) is 1.72. The molecular weight excluding hydrogens is 240 g/mol. The molecule has 0 unspecified atom stereocenters. The molecule has 0 heterocycles. The normalized spacial score (nSPS) is 10.6. The zero-order valence-electron chi connectivity index (χ0n) is 9.73. The van der Waals surface area contributed by atoms with Crippen LogP contribution in [0.2, 0.25) is 0 Å². The van der Waals surface area contributed by atoms with Crippen molar-refractivity contribution in [3.05, 3.63) is 23.8 Å². The summed E-state index contributed by atoms with van der Waals surface area (Å²) < 4.78 is 30.7. The van der Waals surface area contributed by atoms with Gasteiger partial charge >= 0.3 is 0 Å². The maximum absolute atomic E-state index is 11.7. The fraction of sp³-hybridized carbons (Fsp3) is 0.364. The molecule has 0 aliphatic carbocycles. The third-order valence-corrected chi connectivity index (χ3v) is 3.56. The highest BCUT2D eigenvalue weighted by atomic mass is 32.2. The second kappa shape index (κ2) is 5.55. The summed E-state index contributed by atoms with van der Waals surface area (Å²) in [6.07, 6.45) is 0.506. The van der Waals surface area contributed by atoms with Crippen molar-refractivity contribution in [3.63, 3.8) is 0 Å². The van der Waals surface area contributed by atoms with E-state index in [9.17, 15) is 8.42 Å². The molecule has 92 valence electrons. The fourth-order valence-electron chi connectivity index (χ4n) is 1.37. The molecular formula is C11H14N2O3S. The first-order valence-corrected chi connectivity index (χ1v) is 6.77. The van der Waals surface area contributed by atoms with Gasteiger partial charge in [-0.2, -0.15) is 5.26 Å². The Morgan fingerprint density at radius 2 is 2.18 bits per heavy atom. The molecule has 0 atom stereocenters. The molecule has 1 N–H and O–H groups in total. The third-order valence-electron chi connectivity index (χ3n) is 2.10. The van der Waals surface area contributed by atoms with Crippen LogP contribution in [0.5, 0.6) is 5.75 Å². The van der Waals surface area contributed by atoms with E-state index >= 15 is 0 Å². The molecule has 0 amide bonds. The van der Waals surface area contributed by atoms with Crippen molar-refractivity contribution in [3.8, 4) is 11.8 Å². The minimum Gasteiger partial charge on any atom is -0.495 e. The minimum absolute atomic E-state index is 0.00984. The quantitative estimate of drug-likeness (QED) is 0.867. The van der Waals surface area contributed by atoms with E-state index in [-0.39, 0.29) is 17.0 Å². The molecule has 1 aromatic carbocycles. The van der Waals surface area contributed by atoms with Gasteiger partial charge in [0.1, 0.15) is 17.5 Å². The first-order chi connectivity index (χ1) is 8.04. The lowest BCUT2D eigenvalue weighted by molar-refractivity contribution is 0.416. The van der Waals surface area contributed by atoms with Gasteiger partial charge in [-0.25, -0.2) is 8.42 Å². The largest absolute Gasteiger partial charge is 0.495 e. The summed E-state index contributed by atoms with van der Waals surface area (Å²) in [5, 5.41) is 8.92. The summed E-state index contributed by atoms with van der Waals surface area (Å²) in [4.78, 5) is 0. The van der Waals surface area contributed by atoms with Crippen LogP contribution in [0.3, 0.4) is 0 Å². The number of hydrogen-bond donors (Lipinski definition) is 1. The van der Waals surface area contributed by atoms with Crippen LogP contribution in [0.15, 0.2) is 18.2 Å². The van der Waals surface area contributed by atoms with Crippen molar-refractivity contribution in [2.24, 2.45) is 0 Å². The van der Waals surface area contributed by atoms with Crippen LogP contribution in [0.4, 0.5) is 5.69 Å². The van der Waals surface area contributed by atoms with Crippen LogP contribution in [0.1, 0.15) is 18.9 Å². The highest BCUT2D eigenvalue weighted by molar-refractivity contribution is 7.92. The van der Waals surface area contributed by atoms with Gasteiger partial charge in [-0.05, 0) is 18.6 Å². The van der Waals surface area contributed by atoms with Gasteiger partial charge in [-0.3, -0.25) is 4.72 Å². The molecule has 0 aliphatic heterocycles. The van der Waals surface area contributed by atoms with Crippen LogP contribution < -0.4 is 9.46 Å². The maximum Gasteiger partial charge on any atom is 0.232 e. The molecule has 1 rings (SSSR count). The first-order valence-electron chi connectivity index (χ1n) is 5.11. The van der Waals surface area contributed by atoms with Crippen LogP contribution in [-0.2, 0) is 10.0 Å². The summed E-state index contributed by atoms with van der Waals surface area (Å²) in [6, 6.07) is 6.70. The van der Waals surface area contributed by atoms with E-state index in [4.69, 9.17) is 10.00 Å². The van der Waals surface area contributed by atoms with Crippen molar-refractivity contribution in [1.29, 1.82) is 5.26 Å². The number of ether oxygens (including phenoxy) is 1. The Hall–Kier alpha value is -1.74. The van der Waals surface area contributed by atoms with E-state index in [1.807, 2.05) is 6.07 Å². The lowest BCUT2D eigenvalue weighted by atomic mass is 10.2. The number of rotatable bonds is 5. The van der Waals surface area contributed by atoms with Crippen molar-refractivity contribution in [2.45, 2.75) is 13.3 Å². The SMILES string of the molecule is CCCS(=O)(=O)Nc1c(C#N)cccc1OC. The van der Waals surface area contributed by atoms with Crippen LogP contribution >= 0.6 is 0 Å². The summed E-state index contributed by atoms with van der Waals surface area (Å²) in [6.45, 7) is 1.77. The summed E-state index contributed by atoms with van der Waals surface area (Å²) in [5.41, 5.74) is 0.440. The molecule has 0 saturated heterocycles. The first kappa shape index (κ1) is 13.3. The van der Waals surface area contributed by atoms with Gasteiger partial charge in [0, 0.05) is 0 Å². The number of benzene rings is 1. The lowest BCUT2D eigenvalue weighted by Gasteiger charge is -2.12. The molecule has 0 aromatic heterocycles. The van der Waals surface area contributed by atoms with E-state index < -0.39 is 10.0 Å². The van der Waals surface area contributed by atoms with Gasteiger partial charge in [-0.15, -0.1) is 0 Å². The molecule has 6 heteroatoms. The van der Waals surface area contributed by atoms with E-state index in [0.29, 0.717) is 12.2 Å². The molecule has 0 fully saturated rings. The molecule has 5 nitrogen and oxygen atoms in total. The highest BCUT2D eigenvalue weighted by Gasteiger charge is 2.15. The Balaban J connectivity index is 3.17. The van der Waals surface area contributed by atoms with Crippen molar-refractivity contribution in [2.75, 3.05) is 17.6 Å². The average molecular weight is 254 g/mol. The summed E-state index contributed by atoms with van der Waals surface area (Å²) in [7, 11) is -2.01. The molecule has 0 saturated carbocycles. The Morgan fingerprint density at radius 1 is 1.47 bits per heavy atom. The number of methoxy groups -OCH3 is 1. The number of sulfonamides is 1. The second-order valence-corrected chi connectivity index (χ2v) is 5.26. The standard InChI is InChI=1S/C11H14N2O3S/c1-3-7-17(14,15)13-11-9(8-12)5-4-6-10(11)16-2/h4-6,13H,3,7H2,1-2H3. The van der Waals surface area contributed by atoms with Gasteiger partial charge in [0.05, 0.1) is 18.4 Å². The molecule has 0 bridgehead atoms. The van der Waals surface area contributed by atoms with Gasteiger partial charge in [0.25, 0.3) is 0 Å². The molecule has 17 heavy (non-hydrogen) atoms. The molecule has 0 aliphatic rings. The lowest BCUT2D eigenvalue weighted by Crippen LogP contribution is -2.17. The highest BCUT2D eigenvalue weighted by Crippen LogP contribution is 2.28. The van der Waals surface area contributed by atoms with Crippen LogP contribution in [-0.4, -0.2) is 21.3 Å². The monoisotopic (exact) mass is 254 g/mol. The zero-order valence-corrected chi connectivity index (χ0v) is 10.5. The van der Waals surface area contributed by atoms with E-state index in [1.165, 1.54) is 13.2 Å². The molecule has 0 spiro atoms. The average Bonchev–Trinajstić information content (AvgIpc) is 2.28. The molecule has 1 aromatic rings. The van der Waals surface area contributed by atoms with Gasteiger partial charge in [0.15, 0.2) is 0 Å². The van der Waals surface area contributed by atoms with Crippen LogP contribution in [0.25, 0.3) is 0 Å². The predicted molar refractivity (Wildman–Crippen MR) is 65.4 cm³/mol. The maximum atomic E-state index is 11.7. The number of anilines is 1. The summed E-state index contributed by atoms with van der Waals surface area (Å²) >= 11 is 0. The van der Waals surface area contributed by atoms with E-state index in [2.05, 4.69) is 4.72 Å². The van der Waals surface area contributed by atoms with Gasteiger partial charge in [-0.1, -0.05) is 13.0 Å². The Labute approximate surface area is 101 Å². The second-order valence-electron chi connectivity index (χ2n) is 3.42. The number of nitriles is 1. The van der Waals surface area contributed by atoms with E-state index in [0.717, 1.165) is 0 Å². The topological polar surface area (TPSA) is 79.2 Å². The van der Waals surface area contributed by atoms with Crippen molar-refractivity contribution in [1.82, 2.24) is 0 Å². The fourth-order valence-corrected chi connectivity index (χ4v) is 2.54. The number of nitrogens with zero attached hydrogens (tertiary/aromatic N) is 1. The number of nitrogens with one attached hydrogen (secondary N) is 1. The van der Waals surface area contributed by atoms with Crippen molar-refractivity contribution >= 4 is 15.7 Å². The van der Waals surface area contributed by atoms with Gasteiger partial charge in [0.2, 0.25) is 10.0 Å². The Bertz CT molecular complexity index is 532. The number of hydrogen-bond acceptors (Lipinski definition) is 4.